The average molecular weight is 255 g/mol. The lowest BCUT2D eigenvalue weighted by molar-refractivity contribution is 0.415. The van der Waals surface area contributed by atoms with Gasteiger partial charge in [-0.3, -0.25) is 9.97 Å². The number of nitrogens with one attached hydrogen (secondary N) is 1. The van der Waals surface area contributed by atoms with E-state index in [1.807, 2.05) is 24.5 Å². The van der Waals surface area contributed by atoms with Gasteiger partial charge >= 0.3 is 0 Å². The first-order chi connectivity index (χ1) is 9.36. The van der Waals surface area contributed by atoms with Gasteiger partial charge in [-0.2, -0.15) is 0 Å². The molecule has 1 aliphatic carbocycles. The summed E-state index contributed by atoms with van der Waals surface area (Å²) in [6.45, 7) is 0.862. The van der Waals surface area contributed by atoms with Gasteiger partial charge in [0.2, 0.25) is 0 Å². The quantitative estimate of drug-likeness (QED) is 0.891. The molecule has 0 aliphatic heterocycles. The number of ether oxygens (including phenoxy) is 1. The van der Waals surface area contributed by atoms with Gasteiger partial charge in [0, 0.05) is 36.7 Å². The summed E-state index contributed by atoms with van der Waals surface area (Å²) in [7, 11) is 1.66. The maximum atomic E-state index is 5.34. The summed E-state index contributed by atoms with van der Waals surface area (Å²) >= 11 is 0. The van der Waals surface area contributed by atoms with Gasteiger partial charge in [-0.1, -0.05) is 0 Å². The van der Waals surface area contributed by atoms with Crippen molar-refractivity contribution in [2.75, 3.05) is 7.11 Å². The summed E-state index contributed by atoms with van der Waals surface area (Å²) in [5, 5.41) is 3.49. The third-order valence-electron chi connectivity index (χ3n) is 3.23. The van der Waals surface area contributed by atoms with Crippen LogP contribution in [-0.2, 0) is 6.54 Å². The molecule has 2 heterocycles. The molecule has 3 rings (SSSR count). The summed E-state index contributed by atoms with van der Waals surface area (Å²) < 4.78 is 5.34. The van der Waals surface area contributed by atoms with Crippen molar-refractivity contribution >= 4 is 0 Å². The van der Waals surface area contributed by atoms with Gasteiger partial charge in [0.15, 0.2) is 0 Å². The molecule has 0 atom stereocenters. The number of pyridine rings is 2. The summed E-state index contributed by atoms with van der Waals surface area (Å²) in [5.41, 5.74) is 3.01. The molecule has 1 saturated carbocycles. The summed E-state index contributed by atoms with van der Waals surface area (Å²) in [5.74, 6) is 0.775. The number of hydrogen-bond donors (Lipinski definition) is 1. The Morgan fingerprint density at radius 2 is 2.26 bits per heavy atom. The van der Waals surface area contributed by atoms with Crippen LogP contribution in [0.4, 0.5) is 0 Å². The van der Waals surface area contributed by atoms with Crippen LogP contribution >= 0.6 is 0 Å². The van der Waals surface area contributed by atoms with Crippen LogP contribution in [0, 0.1) is 0 Å². The van der Waals surface area contributed by atoms with Crippen LogP contribution in [0.1, 0.15) is 18.4 Å². The summed E-state index contributed by atoms with van der Waals surface area (Å²) in [4.78, 5) is 8.68. The van der Waals surface area contributed by atoms with Gasteiger partial charge in [0.05, 0.1) is 7.11 Å². The molecule has 0 amide bonds. The predicted molar refractivity (Wildman–Crippen MR) is 73.9 cm³/mol. The maximum Gasteiger partial charge on any atom is 0.145 e. The Hall–Kier alpha value is -1.94. The molecule has 2 aromatic heterocycles. The molecule has 0 radical (unpaired) electrons. The molecule has 0 saturated heterocycles. The number of nitrogens with zero attached hydrogens (tertiary/aromatic N) is 2. The molecule has 1 fully saturated rings. The highest BCUT2D eigenvalue weighted by molar-refractivity contribution is 5.65. The molecule has 0 unspecified atom stereocenters. The first-order valence-corrected chi connectivity index (χ1v) is 6.53. The fourth-order valence-corrected chi connectivity index (χ4v) is 2.04. The van der Waals surface area contributed by atoms with Crippen molar-refractivity contribution in [3.05, 3.63) is 42.4 Å². The highest BCUT2D eigenvalue weighted by atomic mass is 16.5. The lowest BCUT2D eigenvalue weighted by Crippen LogP contribution is -2.15. The maximum absolute atomic E-state index is 5.34. The number of rotatable bonds is 5. The molecule has 0 aromatic carbocycles. The first-order valence-electron chi connectivity index (χ1n) is 6.53. The van der Waals surface area contributed by atoms with E-state index in [4.69, 9.17) is 4.74 Å². The van der Waals surface area contributed by atoms with E-state index in [0.29, 0.717) is 6.04 Å². The Morgan fingerprint density at radius 1 is 1.37 bits per heavy atom. The van der Waals surface area contributed by atoms with Crippen molar-refractivity contribution in [1.82, 2.24) is 15.3 Å². The lowest BCUT2D eigenvalue weighted by atomic mass is 10.1. The van der Waals surface area contributed by atoms with E-state index >= 15 is 0 Å². The van der Waals surface area contributed by atoms with Gasteiger partial charge in [0.25, 0.3) is 0 Å². The van der Waals surface area contributed by atoms with Crippen LogP contribution in [0.2, 0.25) is 0 Å². The second kappa shape index (κ2) is 5.36. The highest BCUT2D eigenvalue weighted by Gasteiger charge is 2.20. The molecule has 4 nitrogen and oxygen atoms in total. The second-order valence-corrected chi connectivity index (χ2v) is 4.79. The van der Waals surface area contributed by atoms with Gasteiger partial charge in [-0.25, -0.2) is 0 Å². The Bertz CT molecular complexity index is 567. The smallest absolute Gasteiger partial charge is 0.145 e. The molecule has 1 aliphatic rings. The second-order valence-electron chi connectivity index (χ2n) is 4.79. The van der Waals surface area contributed by atoms with Crippen molar-refractivity contribution in [3.8, 4) is 17.0 Å². The number of hydrogen-bond acceptors (Lipinski definition) is 4. The van der Waals surface area contributed by atoms with Crippen LogP contribution in [0.3, 0.4) is 0 Å². The zero-order valence-corrected chi connectivity index (χ0v) is 11.0. The van der Waals surface area contributed by atoms with E-state index in [1.54, 1.807) is 13.3 Å². The standard InChI is InChI=1S/C15H17N3O/c1-19-14-3-2-6-17-15(14)12-7-11(8-16-10-12)9-18-13-4-5-13/h2-3,6-8,10,13,18H,4-5,9H2,1H3. The monoisotopic (exact) mass is 255 g/mol. The minimum Gasteiger partial charge on any atom is -0.494 e. The summed E-state index contributed by atoms with van der Waals surface area (Å²) in [6.07, 6.45) is 8.08. The van der Waals surface area contributed by atoms with E-state index in [-0.39, 0.29) is 0 Å². The van der Waals surface area contributed by atoms with Crippen molar-refractivity contribution < 1.29 is 4.74 Å². The highest BCUT2D eigenvalue weighted by Crippen LogP contribution is 2.27. The largest absolute Gasteiger partial charge is 0.494 e. The molecule has 2 aromatic rings. The minimum atomic E-state index is 0.702. The van der Waals surface area contributed by atoms with Gasteiger partial charge < -0.3 is 10.1 Å². The summed E-state index contributed by atoms with van der Waals surface area (Å²) in [6, 6.07) is 6.60. The van der Waals surface area contributed by atoms with Crippen molar-refractivity contribution in [1.29, 1.82) is 0 Å². The Balaban J connectivity index is 1.84. The van der Waals surface area contributed by atoms with E-state index in [2.05, 4.69) is 21.4 Å². The Labute approximate surface area is 112 Å². The Kier molecular flexibility index (Phi) is 3.42. The minimum absolute atomic E-state index is 0.702. The molecule has 0 spiro atoms. The van der Waals surface area contributed by atoms with E-state index in [0.717, 1.165) is 23.6 Å². The van der Waals surface area contributed by atoms with E-state index < -0.39 is 0 Å². The fraction of sp³-hybridized carbons (Fsp3) is 0.333. The molecular weight excluding hydrogens is 238 g/mol. The fourth-order valence-electron chi connectivity index (χ4n) is 2.04. The predicted octanol–water partition coefficient (Wildman–Crippen LogP) is 2.40. The van der Waals surface area contributed by atoms with Crippen molar-refractivity contribution in [2.24, 2.45) is 0 Å². The first kappa shape index (κ1) is 12.1. The van der Waals surface area contributed by atoms with Gasteiger partial charge in [-0.05, 0) is 36.6 Å². The van der Waals surface area contributed by atoms with Crippen molar-refractivity contribution in [3.63, 3.8) is 0 Å². The number of methoxy groups -OCH3 is 1. The molecular formula is C15H17N3O. The molecule has 19 heavy (non-hydrogen) atoms. The van der Waals surface area contributed by atoms with Crippen LogP contribution in [0.5, 0.6) is 5.75 Å². The molecule has 0 bridgehead atoms. The van der Waals surface area contributed by atoms with Crippen LogP contribution in [0.15, 0.2) is 36.8 Å². The molecule has 4 heteroatoms. The normalized spacial score (nSPS) is 14.4. The third kappa shape index (κ3) is 2.90. The van der Waals surface area contributed by atoms with Crippen LogP contribution < -0.4 is 10.1 Å². The molecule has 1 N–H and O–H groups in total. The van der Waals surface area contributed by atoms with Gasteiger partial charge in [-0.15, -0.1) is 0 Å². The Morgan fingerprint density at radius 3 is 3.05 bits per heavy atom. The average Bonchev–Trinajstić information content (AvgIpc) is 3.29. The van der Waals surface area contributed by atoms with E-state index in [9.17, 15) is 0 Å². The molecule has 98 valence electrons. The zero-order valence-electron chi connectivity index (χ0n) is 11.0. The van der Waals surface area contributed by atoms with Crippen molar-refractivity contribution in [2.45, 2.75) is 25.4 Å². The third-order valence-corrected chi connectivity index (χ3v) is 3.23. The topological polar surface area (TPSA) is 47.0 Å². The van der Waals surface area contributed by atoms with Crippen LogP contribution in [-0.4, -0.2) is 23.1 Å². The van der Waals surface area contributed by atoms with E-state index in [1.165, 1.54) is 18.4 Å². The van der Waals surface area contributed by atoms with Crippen LogP contribution in [0.25, 0.3) is 11.3 Å². The van der Waals surface area contributed by atoms with Gasteiger partial charge in [0.1, 0.15) is 11.4 Å². The lowest BCUT2D eigenvalue weighted by Gasteiger charge is -2.08. The SMILES string of the molecule is COc1cccnc1-c1cncc(CNC2CC2)c1. The zero-order chi connectivity index (χ0) is 13.1. The number of aromatic nitrogens is 2.